The van der Waals surface area contributed by atoms with Crippen LogP contribution < -0.4 is 11.0 Å². The molecular formula is C12H15N5O2. The SMILES string of the molecule is O=C(NCCn1ccnc1C1CC1)c1c[nH]c(=O)[nH]1. The van der Waals surface area contributed by atoms with Crippen LogP contribution in [0.3, 0.4) is 0 Å². The fourth-order valence-corrected chi connectivity index (χ4v) is 2.05. The van der Waals surface area contributed by atoms with E-state index < -0.39 is 0 Å². The molecule has 7 nitrogen and oxygen atoms in total. The average molecular weight is 261 g/mol. The number of hydrogen-bond acceptors (Lipinski definition) is 3. The number of carbonyl (C=O) groups is 1. The van der Waals surface area contributed by atoms with E-state index in [4.69, 9.17) is 0 Å². The first kappa shape index (κ1) is 11.8. The maximum atomic E-state index is 11.7. The highest BCUT2D eigenvalue weighted by Crippen LogP contribution is 2.38. The van der Waals surface area contributed by atoms with Crippen LogP contribution in [0.5, 0.6) is 0 Å². The maximum absolute atomic E-state index is 11.7. The van der Waals surface area contributed by atoms with Crippen molar-refractivity contribution in [3.05, 3.63) is 40.6 Å². The number of carbonyl (C=O) groups excluding carboxylic acids is 1. The molecule has 2 heterocycles. The van der Waals surface area contributed by atoms with Gasteiger partial charge in [-0.15, -0.1) is 0 Å². The molecule has 0 bridgehead atoms. The number of rotatable bonds is 5. The van der Waals surface area contributed by atoms with Crippen molar-refractivity contribution in [1.29, 1.82) is 0 Å². The van der Waals surface area contributed by atoms with Gasteiger partial charge in [-0.3, -0.25) is 4.79 Å². The molecule has 2 aromatic heterocycles. The van der Waals surface area contributed by atoms with E-state index in [1.807, 2.05) is 6.20 Å². The minimum Gasteiger partial charge on any atom is -0.349 e. The fourth-order valence-electron chi connectivity index (χ4n) is 2.05. The molecule has 0 aromatic carbocycles. The van der Waals surface area contributed by atoms with E-state index in [2.05, 4.69) is 24.8 Å². The lowest BCUT2D eigenvalue weighted by Crippen LogP contribution is -2.28. The predicted octanol–water partition coefficient (Wildman–Crippen LogP) is 0.207. The van der Waals surface area contributed by atoms with Gasteiger partial charge < -0.3 is 19.9 Å². The van der Waals surface area contributed by atoms with Crippen molar-refractivity contribution in [1.82, 2.24) is 24.8 Å². The van der Waals surface area contributed by atoms with Crippen LogP contribution in [0, 0.1) is 0 Å². The zero-order valence-corrected chi connectivity index (χ0v) is 10.3. The van der Waals surface area contributed by atoms with Crippen LogP contribution in [0.15, 0.2) is 23.4 Å². The quantitative estimate of drug-likeness (QED) is 0.717. The summed E-state index contributed by atoms with van der Waals surface area (Å²) in [6.45, 7) is 1.19. The molecule has 19 heavy (non-hydrogen) atoms. The van der Waals surface area contributed by atoms with E-state index in [9.17, 15) is 9.59 Å². The summed E-state index contributed by atoms with van der Waals surface area (Å²) < 4.78 is 2.07. The van der Waals surface area contributed by atoms with Gasteiger partial charge in [0, 0.05) is 37.6 Å². The van der Waals surface area contributed by atoms with E-state index in [1.165, 1.54) is 19.0 Å². The number of H-pyrrole nitrogens is 2. The van der Waals surface area contributed by atoms with Crippen molar-refractivity contribution in [3.8, 4) is 0 Å². The van der Waals surface area contributed by atoms with Crippen molar-refractivity contribution in [2.24, 2.45) is 0 Å². The third-order valence-electron chi connectivity index (χ3n) is 3.17. The van der Waals surface area contributed by atoms with Gasteiger partial charge in [0.2, 0.25) is 0 Å². The summed E-state index contributed by atoms with van der Waals surface area (Å²) in [6.07, 6.45) is 7.49. The molecule has 0 radical (unpaired) electrons. The molecule has 1 aliphatic rings. The van der Waals surface area contributed by atoms with E-state index in [0.717, 1.165) is 5.82 Å². The summed E-state index contributed by atoms with van der Waals surface area (Å²) in [4.78, 5) is 31.7. The molecule has 0 atom stereocenters. The van der Waals surface area contributed by atoms with Crippen molar-refractivity contribution in [2.45, 2.75) is 25.3 Å². The summed E-state index contributed by atoms with van der Waals surface area (Å²) in [5.41, 5.74) is -0.131. The van der Waals surface area contributed by atoms with Gasteiger partial charge in [-0.2, -0.15) is 0 Å². The van der Waals surface area contributed by atoms with Gasteiger partial charge >= 0.3 is 5.69 Å². The van der Waals surface area contributed by atoms with E-state index >= 15 is 0 Å². The van der Waals surface area contributed by atoms with Gasteiger partial charge in [-0.05, 0) is 12.8 Å². The van der Waals surface area contributed by atoms with E-state index in [1.54, 1.807) is 6.20 Å². The molecule has 1 saturated carbocycles. The minimum absolute atomic E-state index is 0.248. The number of hydrogen-bond donors (Lipinski definition) is 3. The smallest absolute Gasteiger partial charge is 0.323 e. The van der Waals surface area contributed by atoms with E-state index in [-0.39, 0.29) is 17.3 Å². The molecule has 1 amide bonds. The summed E-state index contributed by atoms with van der Waals surface area (Å²) in [6, 6.07) is 0. The molecular weight excluding hydrogens is 246 g/mol. The highest BCUT2D eigenvalue weighted by atomic mass is 16.2. The highest BCUT2D eigenvalue weighted by Gasteiger charge is 2.27. The molecule has 100 valence electrons. The number of amides is 1. The zero-order valence-electron chi connectivity index (χ0n) is 10.3. The van der Waals surface area contributed by atoms with Gasteiger partial charge in [-0.25, -0.2) is 9.78 Å². The molecule has 1 aliphatic carbocycles. The van der Waals surface area contributed by atoms with Crippen LogP contribution in [-0.4, -0.2) is 32.0 Å². The molecule has 0 aliphatic heterocycles. The lowest BCUT2D eigenvalue weighted by molar-refractivity contribution is 0.0947. The lowest BCUT2D eigenvalue weighted by atomic mass is 10.4. The molecule has 2 aromatic rings. The monoisotopic (exact) mass is 261 g/mol. The second-order valence-electron chi connectivity index (χ2n) is 4.67. The molecule has 3 N–H and O–H groups in total. The van der Waals surface area contributed by atoms with Gasteiger partial charge in [0.15, 0.2) is 0 Å². The Hall–Kier alpha value is -2.31. The molecule has 3 rings (SSSR count). The van der Waals surface area contributed by atoms with Gasteiger partial charge in [0.25, 0.3) is 5.91 Å². The van der Waals surface area contributed by atoms with Gasteiger partial charge in [-0.1, -0.05) is 0 Å². The standard InChI is InChI=1S/C12H15N5O2/c18-11(9-7-15-12(19)16-9)14-4-6-17-5-3-13-10(17)8-1-2-8/h3,5,7-8H,1-2,4,6H2,(H,14,18)(H2,15,16,19). The van der Waals surface area contributed by atoms with Crippen LogP contribution in [0.1, 0.15) is 35.1 Å². The Morgan fingerprint density at radius 1 is 1.53 bits per heavy atom. The normalized spacial score (nSPS) is 14.5. The first-order chi connectivity index (χ1) is 9.24. The Balaban J connectivity index is 1.54. The second kappa shape index (κ2) is 4.75. The average Bonchev–Trinajstić information content (AvgIpc) is 2.97. The summed E-state index contributed by atoms with van der Waals surface area (Å²) in [5.74, 6) is 1.41. The Kier molecular flexibility index (Phi) is 2.94. The highest BCUT2D eigenvalue weighted by molar-refractivity contribution is 5.91. The molecule has 1 fully saturated rings. The predicted molar refractivity (Wildman–Crippen MR) is 67.9 cm³/mol. The van der Waals surface area contributed by atoms with Crippen LogP contribution in [-0.2, 0) is 6.54 Å². The topological polar surface area (TPSA) is 95.6 Å². The van der Waals surface area contributed by atoms with Crippen molar-refractivity contribution < 1.29 is 4.79 Å². The Bertz CT molecular complexity index is 634. The van der Waals surface area contributed by atoms with Crippen molar-refractivity contribution >= 4 is 5.91 Å². The van der Waals surface area contributed by atoms with Crippen LogP contribution >= 0.6 is 0 Å². The van der Waals surface area contributed by atoms with Crippen molar-refractivity contribution in [3.63, 3.8) is 0 Å². The second-order valence-corrected chi connectivity index (χ2v) is 4.67. The summed E-state index contributed by atoms with van der Waals surface area (Å²) >= 11 is 0. The number of aromatic amines is 2. The third kappa shape index (κ3) is 2.59. The van der Waals surface area contributed by atoms with Crippen molar-refractivity contribution in [2.75, 3.05) is 6.54 Å². The fraction of sp³-hybridized carbons (Fsp3) is 0.417. The van der Waals surface area contributed by atoms with Crippen LogP contribution in [0.4, 0.5) is 0 Å². The molecule has 0 unspecified atom stereocenters. The zero-order chi connectivity index (χ0) is 13.2. The Labute approximate surface area is 109 Å². The molecule has 7 heteroatoms. The summed E-state index contributed by atoms with van der Waals surface area (Å²) in [7, 11) is 0. The van der Waals surface area contributed by atoms with Gasteiger partial charge in [0.1, 0.15) is 11.5 Å². The van der Waals surface area contributed by atoms with Gasteiger partial charge in [0.05, 0.1) is 0 Å². The lowest BCUT2D eigenvalue weighted by Gasteiger charge is -2.07. The first-order valence-corrected chi connectivity index (χ1v) is 6.31. The molecule has 0 spiro atoms. The molecule has 0 saturated heterocycles. The number of nitrogens with one attached hydrogen (secondary N) is 3. The minimum atomic E-state index is -0.379. The largest absolute Gasteiger partial charge is 0.349 e. The number of aromatic nitrogens is 4. The number of imidazole rings is 2. The first-order valence-electron chi connectivity index (χ1n) is 6.31. The Morgan fingerprint density at radius 3 is 3.05 bits per heavy atom. The Morgan fingerprint density at radius 2 is 2.37 bits per heavy atom. The number of nitrogens with zero attached hydrogens (tertiary/aromatic N) is 2. The maximum Gasteiger partial charge on any atom is 0.323 e. The third-order valence-corrected chi connectivity index (χ3v) is 3.17. The summed E-state index contributed by atoms with van der Waals surface area (Å²) in [5, 5.41) is 2.76. The van der Waals surface area contributed by atoms with E-state index in [0.29, 0.717) is 19.0 Å². The van der Waals surface area contributed by atoms with Crippen LogP contribution in [0.2, 0.25) is 0 Å². The van der Waals surface area contributed by atoms with Crippen LogP contribution in [0.25, 0.3) is 0 Å².